The first kappa shape index (κ1) is 15.9. The lowest BCUT2D eigenvalue weighted by Crippen LogP contribution is -2.09. The third kappa shape index (κ3) is 4.03. The van der Waals surface area contributed by atoms with Gasteiger partial charge in [-0.2, -0.15) is 0 Å². The summed E-state index contributed by atoms with van der Waals surface area (Å²) in [6, 6.07) is 4.27. The summed E-state index contributed by atoms with van der Waals surface area (Å²) in [5, 5.41) is 0. The molecule has 1 atom stereocenters. The van der Waals surface area contributed by atoms with E-state index in [1.807, 2.05) is 13.8 Å². The summed E-state index contributed by atoms with van der Waals surface area (Å²) in [5.41, 5.74) is 11.2. The van der Waals surface area contributed by atoms with Crippen LogP contribution in [0.5, 0.6) is 5.75 Å². The minimum Gasteiger partial charge on any atom is -0.489 e. The number of rotatable bonds is 3. The lowest BCUT2D eigenvalue weighted by atomic mass is 9.88. The first-order chi connectivity index (χ1) is 10.0. The van der Waals surface area contributed by atoms with Crippen LogP contribution in [0.3, 0.4) is 0 Å². The average Bonchev–Trinajstić information content (AvgIpc) is 2.66. The van der Waals surface area contributed by atoms with Crippen LogP contribution in [0.1, 0.15) is 69.9 Å². The number of hydrogen-bond acceptors (Lipinski definition) is 2. The number of anilines is 1. The van der Waals surface area contributed by atoms with Crippen LogP contribution in [-0.2, 0) is 0 Å². The second kappa shape index (κ2) is 7.02. The van der Waals surface area contributed by atoms with E-state index in [9.17, 15) is 0 Å². The van der Waals surface area contributed by atoms with Gasteiger partial charge in [0.2, 0.25) is 0 Å². The topological polar surface area (TPSA) is 35.2 Å². The van der Waals surface area contributed by atoms with Gasteiger partial charge in [0.15, 0.2) is 0 Å². The van der Waals surface area contributed by atoms with Crippen LogP contribution in [0, 0.1) is 6.92 Å². The molecular formula is C19H29NO. The molecule has 2 N–H and O–H groups in total. The van der Waals surface area contributed by atoms with E-state index in [0.717, 1.165) is 11.4 Å². The second-order valence-corrected chi connectivity index (χ2v) is 6.49. The molecule has 21 heavy (non-hydrogen) atoms. The Labute approximate surface area is 129 Å². The fourth-order valence-electron chi connectivity index (χ4n) is 3.33. The molecule has 0 bridgehead atoms. The molecule has 1 fully saturated rings. The van der Waals surface area contributed by atoms with Crippen molar-refractivity contribution in [3.8, 4) is 5.75 Å². The van der Waals surface area contributed by atoms with E-state index >= 15 is 0 Å². The number of hydrogen-bond donors (Lipinski definition) is 1. The maximum Gasteiger partial charge on any atom is 0.142 e. The van der Waals surface area contributed by atoms with Crippen LogP contribution < -0.4 is 10.5 Å². The molecule has 1 unspecified atom stereocenters. The Morgan fingerprint density at radius 3 is 2.67 bits per heavy atom. The highest BCUT2D eigenvalue weighted by molar-refractivity contribution is 5.57. The van der Waals surface area contributed by atoms with Gasteiger partial charge in [-0.15, -0.1) is 0 Å². The van der Waals surface area contributed by atoms with Crippen LogP contribution in [0.25, 0.3) is 0 Å². The highest BCUT2D eigenvalue weighted by Gasteiger charge is 2.19. The molecule has 0 radical (unpaired) electrons. The van der Waals surface area contributed by atoms with E-state index in [0.29, 0.717) is 5.92 Å². The van der Waals surface area contributed by atoms with Crippen molar-refractivity contribution >= 4 is 5.69 Å². The molecule has 0 aliphatic heterocycles. The average molecular weight is 287 g/mol. The van der Waals surface area contributed by atoms with Gasteiger partial charge in [-0.25, -0.2) is 0 Å². The minimum absolute atomic E-state index is 0.159. The molecule has 2 nitrogen and oxygen atoms in total. The smallest absolute Gasteiger partial charge is 0.142 e. The summed E-state index contributed by atoms with van der Waals surface area (Å²) in [5.74, 6) is 1.48. The van der Waals surface area contributed by atoms with E-state index in [1.54, 1.807) is 5.57 Å². The first-order valence-electron chi connectivity index (χ1n) is 8.22. The Hall–Kier alpha value is -1.44. The maximum absolute atomic E-state index is 6.11. The fraction of sp³-hybridized carbons (Fsp3) is 0.579. The van der Waals surface area contributed by atoms with Crippen molar-refractivity contribution < 1.29 is 4.74 Å². The Morgan fingerprint density at radius 2 is 2.00 bits per heavy atom. The van der Waals surface area contributed by atoms with Gasteiger partial charge in [0.05, 0.1) is 11.8 Å². The van der Waals surface area contributed by atoms with Gasteiger partial charge >= 0.3 is 0 Å². The monoisotopic (exact) mass is 287 g/mol. The zero-order valence-electron chi connectivity index (χ0n) is 13.9. The van der Waals surface area contributed by atoms with Crippen LogP contribution in [-0.4, -0.2) is 6.10 Å². The summed E-state index contributed by atoms with van der Waals surface area (Å²) in [4.78, 5) is 0. The number of nitrogens with two attached hydrogens (primary N) is 1. The molecule has 1 aliphatic rings. The van der Waals surface area contributed by atoms with Crippen molar-refractivity contribution in [1.82, 2.24) is 0 Å². The van der Waals surface area contributed by atoms with E-state index in [4.69, 9.17) is 10.5 Å². The van der Waals surface area contributed by atoms with Crippen LogP contribution in [0.2, 0.25) is 0 Å². The van der Waals surface area contributed by atoms with Crippen molar-refractivity contribution in [2.24, 2.45) is 0 Å². The molecule has 1 aromatic rings. The number of nitrogen functional groups attached to an aromatic ring is 1. The van der Waals surface area contributed by atoms with Crippen molar-refractivity contribution in [3.63, 3.8) is 0 Å². The Morgan fingerprint density at radius 1 is 1.24 bits per heavy atom. The van der Waals surface area contributed by atoms with Gasteiger partial charge in [-0.3, -0.25) is 0 Å². The van der Waals surface area contributed by atoms with Crippen LogP contribution in [0.4, 0.5) is 5.69 Å². The lowest BCUT2D eigenvalue weighted by molar-refractivity contribution is 0.243. The number of allylic oxidation sites excluding steroid dienone is 2. The van der Waals surface area contributed by atoms with Crippen molar-refractivity contribution in [1.29, 1.82) is 0 Å². The number of ether oxygens (including phenoxy) is 1. The molecule has 116 valence electrons. The third-order valence-electron chi connectivity index (χ3n) is 4.47. The highest BCUT2D eigenvalue weighted by atomic mass is 16.5. The normalized spacial score (nSPS) is 21.6. The van der Waals surface area contributed by atoms with E-state index in [-0.39, 0.29) is 6.10 Å². The number of aryl methyl sites for hydroxylation is 1. The Balaban J connectivity index is 2.26. The van der Waals surface area contributed by atoms with E-state index in [2.05, 4.69) is 32.1 Å². The third-order valence-corrected chi connectivity index (χ3v) is 4.47. The summed E-state index contributed by atoms with van der Waals surface area (Å²) in [6.45, 7) is 8.43. The van der Waals surface area contributed by atoms with Gasteiger partial charge in [-0.1, -0.05) is 11.6 Å². The molecule has 2 heteroatoms. The Kier molecular flexibility index (Phi) is 5.33. The molecular weight excluding hydrogens is 258 g/mol. The van der Waals surface area contributed by atoms with Gasteiger partial charge in [-0.05, 0) is 89.0 Å². The summed E-state index contributed by atoms with van der Waals surface area (Å²) in [7, 11) is 0. The van der Waals surface area contributed by atoms with Crippen molar-refractivity contribution in [2.45, 2.75) is 71.8 Å². The quantitative estimate of drug-likeness (QED) is 0.461. The second-order valence-electron chi connectivity index (χ2n) is 6.49. The van der Waals surface area contributed by atoms with Crippen LogP contribution >= 0.6 is 0 Å². The first-order valence-corrected chi connectivity index (χ1v) is 8.22. The maximum atomic E-state index is 6.11. The standard InChI is InChI=1S/C19H29NO/c1-5-15-7-6-8-16(10-9-15)17-12-19(21-13(2)3)18(20)11-14(17)4/h5,11-13,16H,6-10,20H2,1-4H3/b15-5-. The molecule has 1 aromatic carbocycles. The predicted octanol–water partition coefficient (Wildman–Crippen LogP) is 5.36. The predicted molar refractivity (Wildman–Crippen MR) is 90.9 cm³/mol. The zero-order chi connectivity index (χ0) is 15.4. The molecule has 1 aliphatic carbocycles. The fourth-order valence-corrected chi connectivity index (χ4v) is 3.33. The van der Waals surface area contributed by atoms with Gasteiger partial charge in [0.1, 0.15) is 5.75 Å². The minimum atomic E-state index is 0.159. The molecule has 0 amide bonds. The lowest BCUT2D eigenvalue weighted by Gasteiger charge is -2.21. The summed E-state index contributed by atoms with van der Waals surface area (Å²) in [6.07, 6.45) is 8.74. The Bertz CT molecular complexity index is 517. The number of benzene rings is 1. The summed E-state index contributed by atoms with van der Waals surface area (Å²) >= 11 is 0. The highest BCUT2D eigenvalue weighted by Crippen LogP contribution is 2.38. The molecule has 2 rings (SSSR count). The zero-order valence-corrected chi connectivity index (χ0v) is 13.9. The largest absolute Gasteiger partial charge is 0.489 e. The van der Waals surface area contributed by atoms with Gasteiger partial charge in [0.25, 0.3) is 0 Å². The summed E-state index contributed by atoms with van der Waals surface area (Å²) < 4.78 is 5.87. The molecule has 0 heterocycles. The van der Waals surface area contributed by atoms with Crippen molar-refractivity contribution in [3.05, 3.63) is 34.9 Å². The van der Waals surface area contributed by atoms with Crippen molar-refractivity contribution in [2.75, 3.05) is 5.73 Å². The molecule has 0 spiro atoms. The van der Waals surface area contributed by atoms with E-state index < -0.39 is 0 Å². The molecule has 1 saturated carbocycles. The van der Waals surface area contributed by atoms with Gasteiger partial charge in [0, 0.05) is 0 Å². The molecule has 0 saturated heterocycles. The van der Waals surface area contributed by atoms with Crippen LogP contribution in [0.15, 0.2) is 23.8 Å². The van der Waals surface area contributed by atoms with E-state index in [1.165, 1.54) is 43.2 Å². The van der Waals surface area contributed by atoms with Gasteiger partial charge < -0.3 is 10.5 Å². The SMILES string of the molecule is C/C=C1/CCCC(c2cc(OC(C)C)c(N)cc2C)CC1. The molecule has 0 aromatic heterocycles.